The molecule has 5 atom stereocenters. The second kappa shape index (κ2) is 18.7. The Morgan fingerprint density at radius 2 is 1.93 bits per heavy atom. The quantitative estimate of drug-likeness (QED) is 0.173. The number of ether oxygens (including phenoxy) is 3. The zero-order valence-corrected chi connectivity index (χ0v) is 25.8. The fraction of sp³-hybridized carbons (Fsp3) is 0.625. The first-order valence-electron chi connectivity index (χ1n) is 14.8. The molecular weight excluding hydrogens is 520 g/mol. The number of carbonyl (C=O) groups excluding carboxylic acids is 1. The predicted octanol–water partition coefficient (Wildman–Crippen LogP) is 4.32. The SMILES string of the molecule is CC[C@H](C)[C@@H](CNc1ccccn1)NC(=O)[C@@H](C[C@H](O)[C@@H](N)COCc1ccc(C)c(OCCCOC)c1)C(C)C. The van der Waals surface area contributed by atoms with E-state index in [1.807, 2.05) is 57.2 Å². The third kappa shape index (κ3) is 12.4. The number of hydrogen-bond donors (Lipinski definition) is 4. The number of rotatable bonds is 20. The number of anilines is 1. The highest BCUT2D eigenvalue weighted by Crippen LogP contribution is 2.22. The molecule has 9 nitrogen and oxygen atoms in total. The van der Waals surface area contributed by atoms with Gasteiger partial charge in [0.15, 0.2) is 0 Å². The van der Waals surface area contributed by atoms with E-state index in [0.717, 1.165) is 35.5 Å². The van der Waals surface area contributed by atoms with Crippen LogP contribution in [0.25, 0.3) is 0 Å². The number of aliphatic hydroxyl groups is 1. The van der Waals surface area contributed by atoms with E-state index in [1.54, 1.807) is 13.3 Å². The van der Waals surface area contributed by atoms with E-state index in [4.69, 9.17) is 19.9 Å². The molecule has 1 aromatic heterocycles. The van der Waals surface area contributed by atoms with Crippen molar-refractivity contribution in [2.45, 2.75) is 78.7 Å². The Balaban J connectivity index is 1.89. The Bertz CT molecular complexity index is 1010. The standard InChI is InChI=1S/C32H52N4O5/c1-7-23(4)28(19-35-31-11-8-9-14-34-31)36-32(38)26(22(2)3)18-29(37)27(33)21-40-20-25-13-12-24(5)30(17-25)41-16-10-15-39-6/h8-9,11-14,17,22-23,26-29,37H,7,10,15-16,18-21,33H2,1-6H3,(H,34,35)(H,36,38)/t23-,26-,27-,28+,29-/m0/s1. The first-order valence-corrected chi connectivity index (χ1v) is 14.8. The summed E-state index contributed by atoms with van der Waals surface area (Å²) < 4.78 is 16.8. The molecule has 0 saturated heterocycles. The van der Waals surface area contributed by atoms with Gasteiger partial charge in [-0.1, -0.05) is 52.3 Å². The molecule has 0 aliphatic heterocycles. The predicted molar refractivity (Wildman–Crippen MR) is 164 cm³/mol. The minimum atomic E-state index is -0.875. The second-order valence-electron chi connectivity index (χ2n) is 11.2. The Morgan fingerprint density at radius 3 is 2.59 bits per heavy atom. The van der Waals surface area contributed by atoms with E-state index >= 15 is 0 Å². The van der Waals surface area contributed by atoms with Gasteiger partial charge in [-0.25, -0.2) is 4.98 Å². The monoisotopic (exact) mass is 572 g/mol. The van der Waals surface area contributed by atoms with Gasteiger partial charge in [-0.15, -0.1) is 0 Å². The number of nitrogens with one attached hydrogen (secondary N) is 2. The summed E-state index contributed by atoms with van der Waals surface area (Å²) in [7, 11) is 1.68. The van der Waals surface area contributed by atoms with Gasteiger partial charge in [-0.2, -0.15) is 0 Å². The molecule has 0 saturated carbocycles. The molecule has 9 heteroatoms. The summed E-state index contributed by atoms with van der Waals surface area (Å²) in [6.45, 7) is 12.6. The first-order chi connectivity index (χ1) is 19.7. The van der Waals surface area contributed by atoms with Crippen molar-refractivity contribution in [3.8, 4) is 5.75 Å². The lowest BCUT2D eigenvalue weighted by Crippen LogP contribution is -2.49. The Kier molecular flexibility index (Phi) is 15.7. The fourth-order valence-corrected chi connectivity index (χ4v) is 4.47. The van der Waals surface area contributed by atoms with E-state index < -0.39 is 12.1 Å². The van der Waals surface area contributed by atoms with Gasteiger partial charge in [0.25, 0.3) is 0 Å². The Labute approximate surface area is 246 Å². The Morgan fingerprint density at radius 1 is 1.15 bits per heavy atom. The molecule has 0 aliphatic carbocycles. The third-order valence-electron chi connectivity index (χ3n) is 7.54. The van der Waals surface area contributed by atoms with Crippen molar-refractivity contribution in [1.82, 2.24) is 10.3 Å². The summed E-state index contributed by atoms with van der Waals surface area (Å²) in [5.41, 5.74) is 8.32. The Hall–Kier alpha value is -2.72. The second-order valence-corrected chi connectivity index (χ2v) is 11.2. The lowest BCUT2D eigenvalue weighted by molar-refractivity contribution is -0.128. The summed E-state index contributed by atoms with van der Waals surface area (Å²) in [6.07, 6.45) is 2.87. The minimum Gasteiger partial charge on any atom is -0.493 e. The molecule has 0 spiro atoms. The molecule has 0 radical (unpaired) electrons. The van der Waals surface area contributed by atoms with Gasteiger partial charge in [0.1, 0.15) is 11.6 Å². The van der Waals surface area contributed by atoms with Crippen LogP contribution in [0.3, 0.4) is 0 Å². The molecular formula is C32H52N4O5. The summed E-state index contributed by atoms with van der Waals surface area (Å²) in [4.78, 5) is 17.7. The highest BCUT2D eigenvalue weighted by Gasteiger charge is 2.30. The van der Waals surface area contributed by atoms with Gasteiger partial charge in [0.2, 0.25) is 5.91 Å². The number of aryl methyl sites for hydroxylation is 1. The van der Waals surface area contributed by atoms with Crippen molar-refractivity contribution >= 4 is 11.7 Å². The van der Waals surface area contributed by atoms with Crippen molar-refractivity contribution in [3.05, 3.63) is 53.7 Å². The molecule has 230 valence electrons. The van der Waals surface area contributed by atoms with E-state index in [2.05, 4.69) is 29.5 Å². The molecule has 1 heterocycles. The van der Waals surface area contributed by atoms with E-state index in [-0.39, 0.29) is 42.7 Å². The molecule has 0 bridgehead atoms. The molecule has 1 amide bonds. The maximum Gasteiger partial charge on any atom is 0.223 e. The van der Waals surface area contributed by atoms with E-state index in [0.29, 0.717) is 26.4 Å². The van der Waals surface area contributed by atoms with Crippen molar-refractivity contribution < 1.29 is 24.1 Å². The van der Waals surface area contributed by atoms with Gasteiger partial charge in [-0.05, 0) is 54.5 Å². The fourth-order valence-electron chi connectivity index (χ4n) is 4.47. The number of nitrogens with zero attached hydrogens (tertiary/aromatic N) is 1. The average Bonchev–Trinajstić information content (AvgIpc) is 2.97. The molecule has 41 heavy (non-hydrogen) atoms. The number of carbonyl (C=O) groups is 1. The van der Waals surface area contributed by atoms with Gasteiger partial charge in [-0.3, -0.25) is 4.79 Å². The van der Waals surface area contributed by atoms with Crippen LogP contribution in [0.2, 0.25) is 0 Å². The number of benzene rings is 1. The third-order valence-corrected chi connectivity index (χ3v) is 7.54. The van der Waals surface area contributed by atoms with Gasteiger partial charge >= 0.3 is 0 Å². The van der Waals surface area contributed by atoms with Crippen LogP contribution in [0.4, 0.5) is 5.82 Å². The summed E-state index contributed by atoms with van der Waals surface area (Å²) >= 11 is 0. The molecule has 0 aliphatic rings. The van der Waals surface area contributed by atoms with Crippen LogP contribution in [0, 0.1) is 24.7 Å². The van der Waals surface area contributed by atoms with Crippen LogP contribution in [-0.4, -0.2) is 67.7 Å². The highest BCUT2D eigenvalue weighted by atomic mass is 16.5. The van der Waals surface area contributed by atoms with Crippen LogP contribution in [0.5, 0.6) is 5.75 Å². The van der Waals surface area contributed by atoms with Gasteiger partial charge in [0.05, 0.1) is 32.0 Å². The number of aromatic nitrogens is 1. The lowest BCUT2D eigenvalue weighted by atomic mass is 9.86. The number of pyridine rings is 1. The van der Waals surface area contributed by atoms with Gasteiger partial charge < -0.3 is 35.7 Å². The molecule has 1 aromatic carbocycles. The van der Waals surface area contributed by atoms with Crippen molar-refractivity contribution in [1.29, 1.82) is 0 Å². The van der Waals surface area contributed by atoms with Crippen molar-refractivity contribution in [3.63, 3.8) is 0 Å². The summed E-state index contributed by atoms with van der Waals surface area (Å²) in [5, 5.41) is 17.5. The van der Waals surface area contributed by atoms with Crippen molar-refractivity contribution in [2.75, 3.05) is 38.8 Å². The van der Waals surface area contributed by atoms with E-state index in [9.17, 15) is 9.90 Å². The number of methoxy groups -OCH3 is 1. The smallest absolute Gasteiger partial charge is 0.223 e. The number of nitrogens with two attached hydrogens (primary N) is 1. The van der Waals surface area contributed by atoms with Crippen LogP contribution < -0.4 is 21.1 Å². The zero-order valence-electron chi connectivity index (χ0n) is 25.8. The molecule has 0 fully saturated rings. The average molecular weight is 573 g/mol. The van der Waals surface area contributed by atoms with Crippen LogP contribution in [0.15, 0.2) is 42.6 Å². The largest absolute Gasteiger partial charge is 0.493 e. The maximum absolute atomic E-state index is 13.4. The molecule has 5 N–H and O–H groups in total. The summed E-state index contributed by atoms with van der Waals surface area (Å²) in [5.74, 6) is 1.44. The summed E-state index contributed by atoms with van der Waals surface area (Å²) in [6, 6.07) is 11.0. The lowest BCUT2D eigenvalue weighted by Gasteiger charge is -2.30. The maximum atomic E-state index is 13.4. The topological polar surface area (TPSA) is 128 Å². The van der Waals surface area contributed by atoms with Gasteiger partial charge in [0, 0.05) is 44.8 Å². The van der Waals surface area contributed by atoms with Crippen molar-refractivity contribution in [2.24, 2.45) is 23.5 Å². The normalized spacial score (nSPS) is 15.1. The van der Waals surface area contributed by atoms with Crippen LogP contribution in [0.1, 0.15) is 58.1 Å². The van der Waals surface area contributed by atoms with Crippen LogP contribution >= 0.6 is 0 Å². The zero-order chi connectivity index (χ0) is 30.2. The van der Waals surface area contributed by atoms with Crippen LogP contribution in [-0.2, 0) is 20.9 Å². The first kappa shape index (κ1) is 34.5. The highest BCUT2D eigenvalue weighted by molar-refractivity contribution is 5.79. The minimum absolute atomic E-state index is 0.0361. The number of amides is 1. The molecule has 0 unspecified atom stereocenters. The van der Waals surface area contributed by atoms with E-state index in [1.165, 1.54) is 0 Å². The molecule has 2 rings (SSSR count). The number of aliphatic hydroxyl groups excluding tert-OH is 1. The number of hydrogen-bond acceptors (Lipinski definition) is 8. The molecule has 2 aromatic rings.